The molecule has 0 radical (unpaired) electrons. The Bertz CT molecular complexity index is 2460. The first-order valence-corrected chi connectivity index (χ1v) is 23.5. The second-order valence-corrected chi connectivity index (χ2v) is 20.0. The fourth-order valence-electron chi connectivity index (χ4n) is 10.8. The van der Waals surface area contributed by atoms with E-state index in [1.165, 1.54) is 5.01 Å². The van der Waals surface area contributed by atoms with E-state index in [1.807, 2.05) is 39.0 Å². The first-order chi connectivity index (χ1) is 31.0. The number of aromatic hydroxyl groups is 1. The Kier molecular flexibility index (Phi) is 13.2. The number of hydrogen-bond acceptors (Lipinski definition) is 10. The summed E-state index contributed by atoms with van der Waals surface area (Å²) in [5.74, 6) is -1.70. The van der Waals surface area contributed by atoms with E-state index in [1.54, 1.807) is 37.4 Å². The molecular formula is C51H67N7O7. The van der Waals surface area contributed by atoms with Gasteiger partial charge in [0, 0.05) is 67.7 Å². The molecule has 14 heteroatoms. The number of pyridine rings is 1. The molecule has 5 atom stereocenters. The van der Waals surface area contributed by atoms with Crippen molar-refractivity contribution < 1.29 is 33.8 Å². The van der Waals surface area contributed by atoms with E-state index >= 15 is 0 Å². The molecule has 3 fully saturated rings. The SMILES string of the molecule is CCn1c(-c2cccnc2C(C)OC)c2c3cc(ccc31)-c1cc(O)cc(c1)CC(NC(=O)C(C(C)C)N(C)C(=O)C1CC13CCNCC3)C(=O)N1CCC[C@H](N1)C(=O)OCC(C)(C)C2. The van der Waals surface area contributed by atoms with E-state index in [4.69, 9.17) is 14.5 Å². The summed E-state index contributed by atoms with van der Waals surface area (Å²) in [6.07, 6.45) is 5.83. The molecule has 1 aliphatic carbocycles. The van der Waals surface area contributed by atoms with Gasteiger partial charge in [-0.05, 0) is 135 Å². The molecule has 5 heterocycles. The van der Waals surface area contributed by atoms with Crippen LogP contribution in [-0.4, -0.2) is 107 Å². The number of cyclic esters (lactones) is 1. The number of hydrogen-bond donors (Lipinski definition) is 4. The number of likely N-dealkylation sites (N-methyl/N-ethyl adjacent to an activating group) is 1. The maximum Gasteiger partial charge on any atom is 0.324 e. The fraction of sp³-hybridized carbons (Fsp3) is 0.549. The lowest BCUT2D eigenvalue weighted by Gasteiger charge is -2.37. The Morgan fingerprint density at radius 2 is 1.85 bits per heavy atom. The number of rotatable bonds is 9. The van der Waals surface area contributed by atoms with Gasteiger partial charge in [0.25, 0.3) is 5.91 Å². The predicted molar refractivity (Wildman–Crippen MR) is 249 cm³/mol. The van der Waals surface area contributed by atoms with Crippen LogP contribution >= 0.6 is 0 Å². The minimum atomic E-state index is -1.10. The monoisotopic (exact) mass is 890 g/mol. The largest absolute Gasteiger partial charge is 0.508 e. The number of piperidine rings is 1. The van der Waals surface area contributed by atoms with Crippen molar-refractivity contribution in [2.75, 3.05) is 40.4 Å². The number of carbonyl (C=O) groups is 4. The molecule has 1 spiro atoms. The topological polar surface area (TPSA) is 167 Å². The van der Waals surface area contributed by atoms with E-state index in [-0.39, 0.29) is 48.0 Å². The number of phenolic OH excluding ortho intramolecular Hbond substituents is 1. The van der Waals surface area contributed by atoms with Crippen LogP contribution < -0.4 is 16.1 Å². The summed E-state index contributed by atoms with van der Waals surface area (Å²) >= 11 is 0. The maximum atomic E-state index is 14.7. The van der Waals surface area contributed by atoms with E-state index in [2.05, 4.69) is 59.6 Å². The van der Waals surface area contributed by atoms with E-state index in [9.17, 15) is 24.3 Å². The van der Waals surface area contributed by atoms with Gasteiger partial charge < -0.3 is 34.7 Å². The second-order valence-electron chi connectivity index (χ2n) is 20.0. The maximum absolute atomic E-state index is 14.7. The number of hydrazine groups is 1. The minimum absolute atomic E-state index is 0.00779. The van der Waals surface area contributed by atoms with Crippen LogP contribution in [0, 0.1) is 22.7 Å². The Balaban J connectivity index is 1.20. The highest BCUT2D eigenvalue weighted by Crippen LogP contribution is 2.59. The number of methoxy groups -OCH3 is 1. The number of aryl methyl sites for hydroxylation is 1. The zero-order valence-corrected chi connectivity index (χ0v) is 39.3. The Labute approximate surface area is 382 Å². The first kappa shape index (κ1) is 46.2. The third-order valence-corrected chi connectivity index (χ3v) is 14.4. The van der Waals surface area contributed by atoms with Crippen LogP contribution in [0.1, 0.15) is 96.6 Å². The molecule has 3 aliphatic heterocycles. The zero-order valence-electron chi connectivity index (χ0n) is 39.3. The van der Waals surface area contributed by atoms with Crippen molar-refractivity contribution in [3.63, 3.8) is 0 Å². The van der Waals surface area contributed by atoms with Crippen LogP contribution in [0.25, 0.3) is 33.3 Å². The molecule has 3 amide bonds. The van der Waals surface area contributed by atoms with Gasteiger partial charge in [0.2, 0.25) is 11.8 Å². The van der Waals surface area contributed by atoms with Crippen molar-refractivity contribution in [1.29, 1.82) is 0 Å². The average Bonchev–Trinajstić information content (AvgIpc) is 3.89. The highest BCUT2D eigenvalue weighted by atomic mass is 16.5. The van der Waals surface area contributed by atoms with Gasteiger partial charge in [-0.25, -0.2) is 5.43 Å². The molecule has 348 valence electrons. The van der Waals surface area contributed by atoms with Crippen LogP contribution in [0.4, 0.5) is 0 Å². The molecule has 4 N–H and O–H groups in total. The van der Waals surface area contributed by atoms with Crippen LogP contribution in [0.15, 0.2) is 54.7 Å². The molecule has 4 unspecified atom stereocenters. The molecule has 1 saturated carbocycles. The van der Waals surface area contributed by atoms with Crippen molar-refractivity contribution in [1.82, 2.24) is 35.5 Å². The quantitative estimate of drug-likeness (QED) is 0.140. The van der Waals surface area contributed by atoms with Gasteiger partial charge in [-0.15, -0.1) is 0 Å². The molecule has 2 aromatic heterocycles. The number of benzene rings is 2. The zero-order chi connectivity index (χ0) is 46.4. The Hall–Kier alpha value is -5.31. The number of nitrogens with one attached hydrogen (secondary N) is 3. The Morgan fingerprint density at radius 3 is 2.57 bits per heavy atom. The normalized spacial score (nSPS) is 22.8. The average molecular weight is 890 g/mol. The molecule has 65 heavy (non-hydrogen) atoms. The molecule has 14 nitrogen and oxygen atoms in total. The summed E-state index contributed by atoms with van der Waals surface area (Å²) in [5, 5.41) is 20.2. The highest BCUT2D eigenvalue weighted by Gasteiger charge is 2.59. The summed E-state index contributed by atoms with van der Waals surface area (Å²) in [4.78, 5) is 63.6. The summed E-state index contributed by atoms with van der Waals surface area (Å²) in [6, 6.07) is 12.9. The van der Waals surface area contributed by atoms with Gasteiger partial charge in [0.05, 0.1) is 24.1 Å². The molecule has 8 rings (SSSR count). The first-order valence-electron chi connectivity index (χ1n) is 23.5. The van der Waals surface area contributed by atoms with Crippen molar-refractivity contribution in [2.24, 2.45) is 22.7 Å². The minimum Gasteiger partial charge on any atom is -0.508 e. The highest BCUT2D eigenvalue weighted by molar-refractivity contribution is 5.96. The Morgan fingerprint density at radius 1 is 1.08 bits per heavy atom. The number of amides is 3. The standard InChI is InChI=1S/C51H67N7O7/c1-9-57-42-15-14-33-26-37(42)38(45(57)36-12-10-18-53-43(36)31(4)64-8)27-50(5,6)29-65-49(63)40-13-11-21-58(55-40)48(62)41(24-32-22-34(33)25-35(59)23-32)54-46(60)44(30(2)3)56(7)47(61)39-28-51(39)16-19-52-20-17-51/h10,12,14-15,18,22-23,25-26,30-31,39-41,44,52,55,59H,9,11,13,16-17,19-21,24,27-29H2,1-8H3,(H,54,60)/t31?,39?,40-,41?,44?/m0/s1. The van der Waals surface area contributed by atoms with Gasteiger partial charge in [0.15, 0.2) is 0 Å². The van der Waals surface area contributed by atoms with E-state index in [0.29, 0.717) is 37.9 Å². The van der Waals surface area contributed by atoms with Gasteiger partial charge in [-0.3, -0.25) is 29.2 Å². The third kappa shape index (κ3) is 9.26. The van der Waals surface area contributed by atoms with Crippen molar-refractivity contribution in [3.8, 4) is 28.1 Å². The van der Waals surface area contributed by atoms with Gasteiger partial charge >= 0.3 is 5.97 Å². The molecule has 6 bridgehead atoms. The van der Waals surface area contributed by atoms with Crippen molar-refractivity contribution in [2.45, 2.75) is 117 Å². The van der Waals surface area contributed by atoms with Gasteiger partial charge in [-0.1, -0.05) is 39.8 Å². The summed E-state index contributed by atoms with van der Waals surface area (Å²) in [5.41, 5.74) is 9.77. The summed E-state index contributed by atoms with van der Waals surface area (Å²) < 4.78 is 14.2. The molecule has 4 aliphatic rings. The smallest absolute Gasteiger partial charge is 0.324 e. The fourth-order valence-corrected chi connectivity index (χ4v) is 10.8. The van der Waals surface area contributed by atoms with E-state index in [0.717, 1.165) is 76.9 Å². The predicted octanol–water partition coefficient (Wildman–Crippen LogP) is 6.32. The number of esters is 1. The lowest BCUT2D eigenvalue weighted by atomic mass is 9.84. The van der Waals surface area contributed by atoms with Crippen LogP contribution in [-0.2, 0) is 48.0 Å². The number of carbonyl (C=O) groups excluding carboxylic acids is 4. The number of aromatic nitrogens is 2. The number of ether oxygens (including phenoxy) is 2. The molecule has 4 aromatic rings. The molecule has 2 saturated heterocycles. The van der Waals surface area contributed by atoms with E-state index < -0.39 is 41.3 Å². The number of fused-ring (bicyclic) bond motifs is 6. The molecular weight excluding hydrogens is 823 g/mol. The number of nitrogens with zero attached hydrogens (tertiary/aromatic N) is 4. The lowest BCUT2D eigenvalue weighted by Crippen LogP contribution is -2.62. The van der Waals surface area contributed by atoms with Gasteiger partial charge in [0.1, 0.15) is 23.9 Å². The second kappa shape index (κ2) is 18.5. The van der Waals surface area contributed by atoms with Crippen molar-refractivity contribution in [3.05, 3.63) is 71.5 Å². The molecule has 2 aromatic carbocycles. The third-order valence-electron chi connectivity index (χ3n) is 14.4. The van der Waals surface area contributed by atoms with Crippen LogP contribution in [0.3, 0.4) is 0 Å². The number of phenols is 1. The van der Waals surface area contributed by atoms with Crippen molar-refractivity contribution >= 4 is 34.6 Å². The van der Waals surface area contributed by atoms with Crippen LogP contribution in [0.2, 0.25) is 0 Å². The lowest BCUT2D eigenvalue weighted by molar-refractivity contribution is -0.155. The van der Waals surface area contributed by atoms with Gasteiger partial charge in [-0.2, -0.15) is 0 Å². The summed E-state index contributed by atoms with van der Waals surface area (Å²) in [6.45, 7) is 15.0. The summed E-state index contributed by atoms with van der Waals surface area (Å²) in [7, 11) is 3.38. The van der Waals surface area contributed by atoms with Crippen LogP contribution in [0.5, 0.6) is 5.75 Å².